The highest BCUT2D eigenvalue weighted by molar-refractivity contribution is 7.90. The quantitative estimate of drug-likeness (QED) is 0.284. The van der Waals surface area contributed by atoms with Gasteiger partial charge in [-0.1, -0.05) is 0 Å². The lowest BCUT2D eigenvalue weighted by atomic mass is 10.3. The zero-order valence-electron chi connectivity index (χ0n) is 9.99. The Kier molecular flexibility index (Phi) is 5.03. The first kappa shape index (κ1) is 15.1. The van der Waals surface area contributed by atoms with E-state index < -0.39 is 20.9 Å². The molecule has 1 aromatic rings. The summed E-state index contributed by atoms with van der Waals surface area (Å²) in [6.45, 7) is 0.243. The normalized spacial score (nSPS) is 11.2. The predicted molar refractivity (Wildman–Crippen MR) is 67.2 cm³/mol. The largest absolute Gasteiger partial charge is 0.505 e. The van der Waals surface area contributed by atoms with Gasteiger partial charge < -0.3 is 9.84 Å². The average Bonchev–Trinajstić information content (AvgIpc) is 2.31. The van der Waals surface area contributed by atoms with E-state index in [-0.39, 0.29) is 24.5 Å². The zero-order chi connectivity index (χ0) is 14.5. The molecule has 19 heavy (non-hydrogen) atoms. The first-order chi connectivity index (χ1) is 8.85. The lowest BCUT2D eigenvalue weighted by molar-refractivity contribution is -0.384. The van der Waals surface area contributed by atoms with E-state index in [1.165, 1.54) is 7.11 Å². The number of phenolic OH excluding ortho intramolecular Hbond substituents is 1. The number of benzene rings is 1. The number of hydrogen-bond acceptors (Lipinski definition) is 6. The Bertz CT molecular complexity index is 559. The van der Waals surface area contributed by atoms with Crippen LogP contribution >= 0.6 is 0 Å². The maximum absolute atomic E-state index is 11.5. The number of nitrogens with one attached hydrogen (secondary N) is 2. The number of ether oxygens (including phenoxy) is 1. The number of nitro benzene ring substituents is 1. The highest BCUT2D eigenvalue weighted by Crippen LogP contribution is 2.28. The van der Waals surface area contributed by atoms with Crippen molar-refractivity contribution in [2.45, 2.75) is 0 Å². The molecule has 1 aromatic carbocycles. The van der Waals surface area contributed by atoms with Gasteiger partial charge in [-0.3, -0.25) is 14.8 Å². The molecule has 1 rings (SSSR count). The van der Waals surface area contributed by atoms with Crippen LogP contribution in [0.5, 0.6) is 5.75 Å². The van der Waals surface area contributed by atoms with Crippen LogP contribution in [0.2, 0.25) is 0 Å². The fraction of sp³-hybridized carbons (Fsp3) is 0.333. The first-order valence-electron chi connectivity index (χ1n) is 5.09. The lowest BCUT2D eigenvalue weighted by Gasteiger charge is -2.10. The molecule has 0 aromatic heterocycles. The van der Waals surface area contributed by atoms with E-state index in [2.05, 4.69) is 9.46 Å². The van der Waals surface area contributed by atoms with E-state index in [9.17, 15) is 23.6 Å². The minimum atomic E-state index is -3.87. The summed E-state index contributed by atoms with van der Waals surface area (Å²) < 4.78 is 31.9. The van der Waals surface area contributed by atoms with Gasteiger partial charge in [-0.05, 0) is 6.07 Å². The summed E-state index contributed by atoms with van der Waals surface area (Å²) in [5, 5.41) is 19.9. The van der Waals surface area contributed by atoms with Crippen molar-refractivity contribution in [1.29, 1.82) is 0 Å². The number of nitro groups is 1. The van der Waals surface area contributed by atoms with E-state index >= 15 is 0 Å². The second-order valence-electron chi connectivity index (χ2n) is 3.45. The predicted octanol–water partition coefficient (Wildman–Crippen LogP) is 0.193. The topological polar surface area (TPSA) is 131 Å². The monoisotopic (exact) mass is 291 g/mol. The molecule has 10 heteroatoms. The zero-order valence-corrected chi connectivity index (χ0v) is 10.8. The van der Waals surface area contributed by atoms with Gasteiger partial charge in [0.1, 0.15) is 5.75 Å². The first-order valence-corrected chi connectivity index (χ1v) is 6.58. The van der Waals surface area contributed by atoms with Crippen LogP contribution in [0, 0.1) is 10.1 Å². The van der Waals surface area contributed by atoms with Gasteiger partial charge in [0, 0.05) is 19.7 Å². The molecule has 3 N–H and O–H groups in total. The van der Waals surface area contributed by atoms with Crippen molar-refractivity contribution in [1.82, 2.24) is 4.72 Å². The van der Waals surface area contributed by atoms with Crippen molar-refractivity contribution < 1.29 is 23.2 Å². The van der Waals surface area contributed by atoms with Gasteiger partial charge >= 0.3 is 0 Å². The van der Waals surface area contributed by atoms with Crippen LogP contribution < -0.4 is 9.44 Å². The molecule has 0 atom stereocenters. The van der Waals surface area contributed by atoms with Gasteiger partial charge in [-0.2, -0.15) is 13.1 Å². The molecule has 0 aliphatic heterocycles. The van der Waals surface area contributed by atoms with E-state index in [0.29, 0.717) is 0 Å². The second kappa shape index (κ2) is 6.31. The summed E-state index contributed by atoms with van der Waals surface area (Å²) in [6, 6.07) is 3.03. The number of phenols is 1. The number of nitrogens with zero attached hydrogens (tertiary/aromatic N) is 1. The molecule has 0 fully saturated rings. The molecule has 0 spiro atoms. The van der Waals surface area contributed by atoms with E-state index in [1.807, 2.05) is 4.72 Å². The molecule has 0 saturated heterocycles. The van der Waals surface area contributed by atoms with Crippen molar-refractivity contribution >= 4 is 21.6 Å². The van der Waals surface area contributed by atoms with Gasteiger partial charge in [0.05, 0.1) is 23.3 Å². The Morgan fingerprint density at radius 2 is 2.16 bits per heavy atom. The molecule has 9 nitrogen and oxygen atoms in total. The van der Waals surface area contributed by atoms with Crippen molar-refractivity contribution in [3.8, 4) is 5.75 Å². The molecule has 0 saturated carbocycles. The molecule has 0 radical (unpaired) electrons. The number of anilines is 1. The van der Waals surface area contributed by atoms with Gasteiger partial charge in [0.25, 0.3) is 15.9 Å². The van der Waals surface area contributed by atoms with Gasteiger partial charge in [0.2, 0.25) is 0 Å². The van der Waals surface area contributed by atoms with E-state index in [4.69, 9.17) is 0 Å². The van der Waals surface area contributed by atoms with Crippen LogP contribution in [0.15, 0.2) is 18.2 Å². The van der Waals surface area contributed by atoms with Gasteiger partial charge in [-0.25, -0.2) is 0 Å². The summed E-state index contributed by atoms with van der Waals surface area (Å²) in [6.07, 6.45) is 0. The molecule has 0 aliphatic carbocycles. The van der Waals surface area contributed by atoms with Gasteiger partial charge in [-0.15, -0.1) is 0 Å². The molecular weight excluding hydrogens is 278 g/mol. The Morgan fingerprint density at radius 3 is 2.68 bits per heavy atom. The standard InChI is InChI=1S/C9H13N3O6S/c1-18-5-4-10-19(16,17)11-8-3-2-7(12(14)15)6-9(8)13/h2-3,6,10-11,13H,4-5H2,1H3. The molecule has 0 unspecified atom stereocenters. The van der Waals surface area contributed by atoms with Crippen LogP contribution in [0.1, 0.15) is 0 Å². The Labute approximate surface area is 109 Å². The van der Waals surface area contributed by atoms with Crippen LogP contribution in [-0.2, 0) is 14.9 Å². The summed E-state index contributed by atoms with van der Waals surface area (Å²) in [5.74, 6) is -0.536. The fourth-order valence-corrected chi connectivity index (χ4v) is 2.07. The average molecular weight is 291 g/mol. The highest BCUT2D eigenvalue weighted by Gasteiger charge is 2.15. The summed E-state index contributed by atoms with van der Waals surface area (Å²) >= 11 is 0. The van der Waals surface area contributed by atoms with Crippen LogP contribution in [0.3, 0.4) is 0 Å². The smallest absolute Gasteiger partial charge is 0.299 e. The maximum Gasteiger partial charge on any atom is 0.299 e. The number of hydrogen-bond donors (Lipinski definition) is 3. The Balaban J connectivity index is 2.79. The number of aromatic hydroxyl groups is 1. The molecule has 0 heterocycles. The van der Waals surface area contributed by atoms with Crippen molar-refractivity contribution in [3.05, 3.63) is 28.3 Å². The van der Waals surface area contributed by atoms with Crippen LogP contribution in [-0.4, -0.2) is 38.7 Å². The summed E-state index contributed by atoms with van der Waals surface area (Å²) in [7, 11) is -2.45. The van der Waals surface area contributed by atoms with E-state index in [0.717, 1.165) is 18.2 Å². The third-order valence-electron chi connectivity index (χ3n) is 2.03. The third kappa shape index (κ3) is 4.69. The van der Waals surface area contributed by atoms with Crippen molar-refractivity contribution in [3.63, 3.8) is 0 Å². The third-order valence-corrected chi connectivity index (χ3v) is 3.11. The molecule has 0 bridgehead atoms. The van der Waals surface area contributed by atoms with Crippen molar-refractivity contribution in [2.75, 3.05) is 25.0 Å². The fourth-order valence-electron chi connectivity index (χ4n) is 1.18. The molecular formula is C9H13N3O6S. The highest BCUT2D eigenvalue weighted by atomic mass is 32.2. The Hall–Kier alpha value is -1.91. The Morgan fingerprint density at radius 1 is 1.47 bits per heavy atom. The van der Waals surface area contributed by atoms with Gasteiger partial charge in [0.15, 0.2) is 0 Å². The SMILES string of the molecule is COCCNS(=O)(=O)Nc1ccc([N+](=O)[O-])cc1O. The summed E-state index contributed by atoms with van der Waals surface area (Å²) in [5.41, 5.74) is -0.497. The minimum Gasteiger partial charge on any atom is -0.505 e. The number of non-ortho nitro benzene ring substituents is 1. The van der Waals surface area contributed by atoms with Crippen LogP contribution in [0.25, 0.3) is 0 Å². The molecule has 106 valence electrons. The van der Waals surface area contributed by atoms with Crippen molar-refractivity contribution in [2.24, 2.45) is 0 Å². The number of methoxy groups -OCH3 is 1. The lowest BCUT2D eigenvalue weighted by Crippen LogP contribution is -2.32. The molecule has 0 aliphatic rings. The molecule has 0 amide bonds. The van der Waals surface area contributed by atoms with E-state index in [1.54, 1.807) is 0 Å². The van der Waals surface area contributed by atoms with Crippen LogP contribution in [0.4, 0.5) is 11.4 Å². The summed E-state index contributed by atoms with van der Waals surface area (Å²) in [4.78, 5) is 9.75. The number of rotatable bonds is 7. The minimum absolute atomic E-state index is 0.0551. The maximum atomic E-state index is 11.5. The second-order valence-corrected chi connectivity index (χ2v) is 4.95.